The largest absolute Gasteiger partial charge is 0.314 e. The SMILES string of the molecule is CCCCC(CC)C(Cc1cc(C)nn1C)NCC. The number of rotatable bonds is 9. The molecule has 0 aliphatic rings. The second kappa shape index (κ2) is 8.36. The minimum Gasteiger partial charge on any atom is -0.314 e. The lowest BCUT2D eigenvalue weighted by Gasteiger charge is -2.27. The Morgan fingerprint density at radius 3 is 2.53 bits per heavy atom. The van der Waals surface area contributed by atoms with Crippen LogP contribution in [0.15, 0.2) is 6.07 Å². The van der Waals surface area contributed by atoms with Crippen LogP contribution in [-0.2, 0) is 13.5 Å². The zero-order chi connectivity index (χ0) is 14.3. The van der Waals surface area contributed by atoms with Crippen LogP contribution in [0.3, 0.4) is 0 Å². The van der Waals surface area contributed by atoms with Gasteiger partial charge in [0.2, 0.25) is 0 Å². The van der Waals surface area contributed by atoms with Crippen molar-refractivity contribution in [1.82, 2.24) is 15.1 Å². The lowest BCUT2D eigenvalue weighted by molar-refractivity contribution is 0.315. The van der Waals surface area contributed by atoms with Gasteiger partial charge in [0.05, 0.1) is 5.69 Å². The number of unbranched alkanes of at least 4 members (excludes halogenated alkanes) is 1. The van der Waals surface area contributed by atoms with Crippen molar-refractivity contribution in [2.24, 2.45) is 13.0 Å². The van der Waals surface area contributed by atoms with Crippen molar-refractivity contribution in [1.29, 1.82) is 0 Å². The third kappa shape index (κ3) is 4.98. The standard InChI is InChI=1S/C16H31N3/c1-6-9-10-14(7-2)16(17-8-3)12-15-11-13(4)18-19(15)5/h11,14,16-17H,6-10,12H2,1-5H3. The van der Waals surface area contributed by atoms with Crippen molar-refractivity contribution in [2.75, 3.05) is 6.54 Å². The normalized spacial score (nSPS) is 14.6. The molecule has 110 valence electrons. The fraction of sp³-hybridized carbons (Fsp3) is 0.812. The highest BCUT2D eigenvalue weighted by Gasteiger charge is 2.20. The van der Waals surface area contributed by atoms with Crippen LogP contribution < -0.4 is 5.32 Å². The summed E-state index contributed by atoms with van der Waals surface area (Å²) >= 11 is 0. The summed E-state index contributed by atoms with van der Waals surface area (Å²) in [6.45, 7) is 9.91. The lowest BCUT2D eigenvalue weighted by atomic mass is 9.88. The molecule has 3 heteroatoms. The average Bonchev–Trinajstić information content (AvgIpc) is 2.69. The Labute approximate surface area is 118 Å². The second-order valence-electron chi connectivity index (χ2n) is 5.58. The molecule has 0 radical (unpaired) electrons. The maximum atomic E-state index is 4.46. The molecule has 0 amide bonds. The van der Waals surface area contributed by atoms with Gasteiger partial charge >= 0.3 is 0 Å². The molecule has 0 saturated carbocycles. The van der Waals surface area contributed by atoms with Crippen LogP contribution in [-0.4, -0.2) is 22.4 Å². The highest BCUT2D eigenvalue weighted by Crippen LogP contribution is 2.20. The lowest BCUT2D eigenvalue weighted by Crippen LogP contribution is -2.38. The molecule has 2 unspecified atom stereocenters. The van der Waals surface area contributed by atoms with E-state index >= 15 is 0 Å². The van der Waals surface area contributed by atoms with Gasteiger partial charge in [0, 0.05) is 25.2 Å². The van der Waals surface area contributed by atoms with E-state index in [2.05, 4.69) is 51.2 Å². The van der Waals surface area contributed by atoms with Crippen LogP contribution in [0.1, 0.15) is 57.8 Å². The first kappa shape index (κ1) is 16.2. The van der Waals surface area contributed by atoms with Crippen LogP contribution in [0, 0.1) is 12.8 Å². The number of likely N-dealkylation sites (N-methyl/N-ethyl adjacent to an activating group) is 1. The number of aromatic nitrogens is 2. The van der Waals surface area contributed by atoms with Gasteiger partial charge in [-0.15, -0.1) is 0 Å². The maximum Gasteiger partial charge on any atom is 0.0596 e. The smallest absolute Gasteiger partial charge is 0.0596 e. The van der Waals surface area contributed by atoms with Gasteiger partial charge in [-0.3, -0.25) is 4.68 Å². The summed E-state index contributed by atoms with van der Waals surface area (Å²) in [4.78, 5) is 0. The summed E-state index contributed by atoms with van der Waals surface area (Å²) in [5.74, 6) is 0.773. The molecule has 0 spiro atoms. The summed E-state index contributed by atoms with van der Waals surface area (Å²) in [5.41, 5.74) is 2.47. The molecule has 0 aliphatic carbocycles. The fourth-order valence-corrected chi connectivity index (χ4v) is 2.90. The number of nitrogens with one attached hydrogen (secondary N) is 1. The molecule has 2 atom stereocenters. The van der Waals surface area contributed by atoms with E-state index in [1.807, 2.05) is 4.68 Å². The zero-order valence-corrected chi connectivity index (χ0v) is 13.4. The molecule has 0 fully saturated rings. The van der Waals surface area contributed by atoms with Crippen LogP contribution in [0.25, 0.3) is 0 Å². The highest BCUT2D eigenvalue weighted by atomic mass is 15.3. The Bertz CT molecular complexity index is 357. The third-order valence-corrected chi connectivity index (χ3v) is 4.02. The first-order valence-electron chi connectivity index (χ1n) is 7.85. The quantitative estimate of drug-likeness (QED) is 0.741. The van der Waals surface area contributed by atoms with Gasteiger partial charge < -0.3 is 5.32 Å². The molecular formula is C16H31N3. The van der Waals surface area contributed by atoms with Crippen molar-refractivity contribution in [2.45, 2.75) is 65.8 Å². The van der Waals surface area contributed by atoms with Crippen molar-refractivity contribution in [3.8, 4) is 0 Å². The molecule has 0 saturated heterocycles. The average molecular weight is 265 g/mol. The van der Waals surface area contributed by atoms with Crippen molar-refractivity contribution in [3.63, 3.8) is 0 Å². The molecule has 19 heavy (non-hydrogen) atoms. The summed E-state index contributed by atoms with van der Waals surface area (Å²) < 4.78 is 2.03. The predicted molar refractivity (Wildman–Crippen MR) is 82.4 cm³/mol. The molecule has 0 aromatic carbocycles. The minimum absolute atomic E-state index is 0.580. The van der Waals surface area contributed by atoms with E-state index in [9.17, 15) is 0 Å². The van der Waals surface area contributed by atoms with Crippen LogP contribution in [0.5, 0.6) is 0 Å². The number of hydrogen-bond acceptors (Lipinski definition) is 2. The van der Waals surface area contributed by atoms with Crippen molar-refractivity contribution in [3.05, 3.63) is 17.5 Å². The van der Waals surface area contributed by atoms with E-state index in [0.29, 0.717) is 6.04 Å². The molecular weight excluding hydrogens is 234 g/mol. The monoisotopic (exact) mass is 265 g/mol. The van der Waals surface area contributed by atoms with Gasteiger partial charge in [-0.1, -0.05) is 40.0 Å². The summed E-state index contributed by atoms with van der Waals surface area (Å²) in [5, 5.41) is 8.15. The molecule has 1 N–H and O–H groups in total. The first-order chi connectivity index (χ1) is 9.12. The Morgan fingerprint density at radius 1 is 1.32 bits per heavy atom. The third-order valence-electron chi connectivity index (χ3n) is 4.02. The number of nitrogens with zero attached hydrogens (tertiary/aromatic N) is 2. The maximum absolute atomic E-state index is 4.46. The van der Waals surface area contributed by atoms with Crippen LogP contribution in [0.2, 0.25) is 0 Å². The second-order valence-corrected chi connectivity index (χ2v) is 5.58. The fourth-order valence-electron chi connectivity index (χ4n) is 2.90. The van der Waals surface area contributed by atoms with Crippen molar-refractivity contribution < 1.29 is 0 Å². The van der Waals surface area contributed by atoms with Crippen LogP contribution in [0.4, 0.5) is 0 Å². The van der Waals surface area contributed by atoms with Gasteiger partial charge in [-0.25, -0.2) is 0 Å². The minimum atomic E-state index is 0.580. The molecule has 1 heterocycles. The van der Waals surface area contributed by atoms with E-state index in [0.717, 1.165) is 24.6 Å². The summed E-state index contributed by atoms with van der Waals surface area (Å²) in [7, 11) is 2.05. The van der Waals surface area contributed by atoms with Gasteiger partial charge in [0.15, 0.2) is 0 Å². The molecule has 1 aromatic heterocycles. The van der Waals surface area contributed by atoms with Gasteiger partial charge in [-0.2, -0.15) is 5.10 Å². The Morgan fingerprint density at radius 2 is 2.05 bits per heavy atom. The number of hydrogen-bond donors (Lipinski definition) is 1. The molecule has 1 aromatic rings. The predicted octanol–water partition coefficient (Wildman–Crippen LogP) is 3.47. The summed E-state index contributed by atoms with van der Waals surface area (Å²) in [6.07, 6.45) is 6.31. The number of aryl methyl sites for hydroxylation is 2. The highest BCUT2D eigenvalue weighted by molar-refractivity contribution is 5.10. The molecule has 3 nitrogen and oxygen atoms in total. The van der Waals surface area contributed by atoms with Crippen molar-refractivity contribution >= 4 is 0 Å². The van der Waals surface area contributed by atoms with E-state index in [1.165, 1.54) is 31.4 Å². The van der Waals surface area contributed by atoms with Gasteiger partial charge in [-0.05, 0) is 31.9 Å². The topological polar surface area (TPSA) is 29.9 Å². The van der Waals surface area contributed by atoms with Crippen LogP contribution >= 0.6 is 0 Å². The van der Waals surface area contributed by atoms with Gasteiger partial charge in [0.1, 0.15) is 0 Å². The Balaban J connectivity index is 2.72. The summed E-state index contributed by atoms with van der Waals surface area (Å²) in [6, 6.07) is 2.80. The zero-order valence-electron chi connectivity index (χ0n) is 13.4. The van der Waals surface area contributed by atoms with E-state index in [1.54, 1.807) is 0 Å². The molecule has 1 rings (SSSR count). The van der Waals surface area contributed by atoms with Gasteiger partial charge in [0.25, 0.3) is 0 Å². The van der Waals surface area contributed by atoms with E-state index in [4.69, 9.17) is 0 Å². The Hall–Kier alpha value is -0.830. The van der Waals surface area contributed by atoms with E-state index in [-0.39, 0.29) is 0 Å². The Kier molecular flexibility index (Phi) is 7.14. The molecule has 0 bridgehead atoms. The molecule has 0 aliphatic heterocycles. The van der Waals surface area contributed by atoms with E-state index < -0.39 is 0 Å². The first-order valence-corrected chi connectivity index (χ1v) is 7.85.